The second kappa shape index (κ2) is 12.3. The quantitative estimate of drug-likeness (QED) is 0.268. The van der Waals surface area contributed by atoms with E-state index in [2.05, 4.69) is 15.6 Å². The van der Waals surface area contributed by atoms with Gasteiger partial charge in [0.15, 0.2) is 17.5 Å². The Labute approximate surface area is 186 Å². The average Bonchev–Trinajstić information content (AvgIpc) is 3.07. The van der Waals surface area contributed by atoms with Crippen molar-refractivity contribution in [3.8, 4) is 11.5 Å². The lowest BCUT2D eigenvalue weighted by Gasteiger charge is -2.15. The fourth-order valence-corrected chi connectivity index (χ4v) is 3.28. The van der Waals surface area contributed by atoms with Crippen LogP contribution in [0.15, 0.2) is 35.3 Å². The van der Waals surface area contributed by atoms with Crippen molar-refractivity contribution in [1.29, 1.82) is 0 Å². The lowest BCUT2D eigenvalue weighted by molar-refractivity contribution is 0.191. The van der Waals surface area contributed by atoms with Crippen molar-refractivity contribution in [3.63, 3.8) is 0 Å². The van der Waals surface area contributed by atoms with Gasteiger partial charge in [0.2, 0.25) is 0 Å². The minimum absolute atomic E-state index is 0. The van der Waals surface area contributed by atoms with Crippen molar-refractivity contribution >= 4 is 58.6 Å². The topological polar surface area (TPSA) is 75.1 Å². The van der Waals surface area contributed by atoms with Gasteiger partial charge in [0, 0.05) is 23.2 Å². The molecule has 1 unspecified atom stereocenters. The van der Waals surface area contributed by atoms with Crippen LogP contribution < -0.4 is 20.1 Å². The molecule has 1 aromatic carbocycles. The molecule has 3 N–H and O–H groups in total. The number of guanidine groups is 1. The summed E-state index contributed by atoms with van der Waals surface area (Å²) in [6, 6.07) is 9.15. The third-order valence-corrected chi connectivity index (χ3v) is 4.75. The van der Waals surface area contributed by atoms with E-state index >= 15 is 0 Å². The van der Waals surface area contributed by atoms with Crippen LogP contribution in [0.1, 0.15) is 24.8 Å². The van der Waals surface area contributed by atoms with Gasteiger partial charge in [-0.15, -0.1) is 35.3 Å². The molecule has 0 bridgehead atoms. The summed E-state index contributed by atoms with van der Waals surface area (Å²) in [5.41, 5.74) is 0.804. The second-order valence-corrected chi connectivity index (χ2v) is 7.05. The highest BCUT2D eigenvalue weighted by Gasteiger charge is 2.11. The van der Waals surface area contributed by atoms with E-state index in [1.807, 2.05) is 38.1 Å². The molecule has 0 spiro atoms. The van der Waals surface area contributed by atoms with Crippen LogP contribution in [0, 0.1) is 0 Å². The number of anilines is 1. The minimum atomic E-state index is -0.696. The Hall–Kier alpha value is -1.23. The summed E-state index contributed by atoms with van der Waals surface area (Å²) in [6.07, 6.45) is -0.696. The van der Waals surface area contributed by atoms with Gasteiger partial charge in [-0.05, 0) is 38.1 Å². The van der Waals surface area contributed by atoms with E-state index in [1.165, 1.54) is 11.3 Å². The number of hydrogen-bond donors (Lipinski definition) is 3. The van der Waals surface area contributed by atoms with Crippen molar-refractivity contribution in [2.45, 2.75) is 20.0 Å². The molecule has 1 atom stereocenters. The number of ether oxygens (including phenoxy) is 2. The standard InChI is InChI=1S/C18H24ClN3O3S.HI/c1-4-20-18(21-11-13(23)16-8-9-17(19)26-16)22-12-6-7-14(25-5-2)15(10-12)24-3;/h6-10,13,23H,4-5,11H2,1-3H3,(H2,20,21,22);1H. The SMILES string of the molecule is CCNC(=NCC(O)c1ccc(Cl)s1)Nc1ccc(OCC)c(OC)c1.I. The third-order valence-electron chi connectivity index (χ3n) is 3.42. The Bertz CT molecular complexity index is 742. The molecule has 1 aromatic heterocycles. The number of nitrogens with zero attached hydrogens (tertiary/aromatic N) is 1. The molecule has 0 radical (unpaired) electrons. The number of benzene rings is 1. The van der Waals surface area contributed by atoms with E-state index in [4.69, 9.17) is 21.1 Å². The molecule has 150 valence electrons. The van der Waals surface area contributed by atoms with Gasteiger partial charge in [-0.2, -0.15) is 0 Å². The molecule has 0 aliphatic carbocycles. The van der Waals surface area contributed by atoms with Gasteiger partial charge in [0.25, 0.3) is 0 Å². The van der Waals surface area contributed by atoms with Crippen LogP contribution in [-0.4, -0.2) is 37.9 Å². The van der Waals surface area contributed by atoms with Crippen molar-refractivity contribution in [2.75, 3.05) is 32.1 Å². The van der Waals surface area contributed by atoms with E-state index in [9.17, 15) is 5.11 Å². The Balaban J connectivity index is 0.00000364. The first-order valence-corrected chi connectivity index (χ1v) is 9.56. The molecule has 6 nitrogen and oxygen atoms in total. The maximum Gasteiger partial charge on any atom is 0.195 e. The van der Waals surface area contributed by atoms with Crippen LogP contribution in [0.3, 0.4) is 0 Å². The lowest BCUT2D eigenvalue weighted by atomic mass is 10.2. The number of nitrogens with one attached hydrogen (secondary N) is 2. The number of halogens is 2. The number of methoxy groups -OCH3 is 1. The molecule has 0 saturated carbocycles. The molecule has 0 amide bonds. The summed E-state index contributed by atoms with van der Waals surface area (Å²) in [5, 5.41) is 16.6. The molecule has 0 fully saturated rings. The van der Waals surface area contributed by atoms with Gasteiger partial charge in [0.05, 0.1) is 24.6 Å². The average molecular weight is 526 g/mol. The van der Waals surface area contributed by atoms with Gasteiger partial charge in [0.1, 0.15) is 6.10 Å². The molecule has 0 aliphatic rings. The van der Waals surface area contributed by atoms with E-state index in [1.54, 1.807) is 13.2 Å². The van der Waals surface area contributed by atoms with Crippen LogP contribution in [0.2, 0.25) is 4.34 Å². The van der Waals surface area contributed by atoms with Crippen LogP contribution in [0.5, 0.6) is 11.5 Å². The van der Waals surface area contributed by atoms with E-state index in [0.717, 1.165) is 10.6 Å². The maximum atomic E-state index is 10.2. The summed E-state index contributed by atoms with van der Waals surface area (Å²) in [5.74, 6) is 1.90. The van der Waals surface area contributed by atoms with Crippen LogP contribution in [0.25, 0.3) is 0 Å². The van der Waals surface area contributed by atoms with E-state index in [0.29, 0.717) is 34.9 Å². The molecular formula is C18H25ClIN3O3S. The minimum Gasteiger partial charge on any atom is -0.493 e. The number of aliphatic hydroxyl groups is 1. The van der Waals surface area contributed by atoms with Gasteiger partial charge in [-0.3, -0.25) is 0 Å². The van der Waals surface area contributed by atoms with Gasteiger partial charge >= 0.3 is 0 Å². The zero-order valence-corrected chi connectivity index (χ0v) is 19.4. The molecule has 2 rings (SSSR count). The first-order chi connectivity index (χ1) is 12.6. The smallest absolute Gasteiger partial charge is 0.195 e. The van der Waals surface area contributed by atoms with E-state index in [-0.39, 0.29) is 30.5 Å². The van der Waals surface area contributed by atoms with E-state index < -0.39 is 6.10 Å². The Morgan fingerprint density at radius 3 is 2.63 bits per heavy atom. The fourth-order valence-electron chi connectivity index (χ4n) is 2.24. The molecular weight excluding hydrogens is 501 g/mol. The largest absolute Gasteiger partial charge is 0.493 e. The number of thiophene rings is 1. The first-order valence-electron chi connectivity index (χ1n) is 8.36. The summed E-state index contributed by atoms with van der Waals surface area (Å²) < 4.78 is 11.5. The summed E-state index contributed by atoms with van der Waals surface area (Å²) in [4.78, 5) is 5.23. The molecule has 27 heavy (non-hydrogen) atoms. The van der Waals surface area contributed by atoms with Crippen molar-refractivity contribution in [2.24, 2.45) is 4.99 Å². The maximum absolute atomic E-state index is 10.2. The molecule has 1 heterocycles. The van der Waals surface area contributed by atoms with Crippen LogP contribution in [0.4, 0.5) is 5.69 Å². The Kier molecular flexibility index (Phi) is 10.8. The number of aliphatic imine (C=N–C) groups is 1. The Morgan fingerprint density at radius 2 is 2.04 bits per heavy atom. The predicted octanol–water partition coefficient (Wildman–Crippen LogP) is 4.54. The van der Waals surface area contributed by atoms with Gasteiger partial charge in [-0.1, -0.05) is 11.6 Å². The second-order valence-electron chi connectivity index (χ2n) is 5.30. The highest BCUT2D eigenvalue weighted by Crippen LogP contribution is 2.30. The normalized spacial score (nSPS) is 12.1. The molecule has 9 heteroatoms. The number of rotatable bonds is 8. The molecule has 0 saturated heterocycles. The van der Waals surface area contributed by atoms with Crippen LogP contribution >= 0.6 is 46.9 Å². The number of hydrogen-bond acceptors (Lipinski definition) is 5. The van der Waals surface area contributed by atoms with Crippen molar-refractivity contribution in [1.82, 2.24) is 5.32 Å². The zero-order valence-electron chi connectivity index (χ0n) is 15.5. The Morgan fingerprint density at radius 1 is 1.26 bits per heavy atom. The van der Waals surface area contributed by atoms with Crippen LogP contribution in [-0.2, 0) is 0 Å². The summed E-state index contributed by atoms with van der Waals surface area (Å²) >= 11 is 7.26. The first kappa shape index (κ1) is 23.8. The summed E-state index contributed by atoms with van der Waals surface area (Å²) in [7, 11) is 1.60. The van der Waals surface area contributed by atoms with Crippen molar-refractivity contribution < 1.29 is 14.6 Å². The van der Waals surface area contributed by atoms with Crippen molar-refractivity contribution in [3.05, 3.63) is 39.5 Å². The highest BCUT2D eigenvalue weighted by atomic mass is 127. The van der Waals surface area contributed by atoms with Gasteiger partial charge < -0.3 is 25.2 Å². The number of aliphatic hydroxyl groups excluding tert-OH is 1. The van der Waals surface area contributed by atoms with Gasteiger partial charge in [-0.25, -0.2) is 4.99 Å². The third kappa shape index (κ3) is 7.36. The highest BCUT2D eigenvalue weighted by molar-refractivity contribution is 14.0. The monoisotopic (exact) mass is 525 g/mol. The zero-order chi connectivity index (χ0) is 18.9. The lowest BCUT2D eigenvalue weighted by Crippen LogP contribution is -2.31. The predicted molar refractivity (Wildman–Crippen MR) is 123 cm³/mol. The molecule has 0 aliphatic heterocycles. The summed E-state index contributed by atoms with van der Waals surface area (Å²) in [6.45, 7) is 5.39. The fraction of sp³-hybridized carbons (Fsp3) is 0.389. The molecule has 2 aromatic rings.